The van der Waals surface area contributed by atoms with Gasteiger partial charge in [0, 0.05) is 23.4 Å². The summed E-state index contributed by atoms with van der Waals surface area (Å²) in [4.78, 5) is 24.3. The standard InChI is InChI=1S/C23H20N2O2/c26-22-13-11-18-15-19(10-12-21(18)24-22)23(27)25-20-9-5-4-8-17(20)14-16-6-2-1-3-7-16/h1-10,12,15H,11,13-14H2,(H,24,26)(H,25,27). The molecular weight excluding hydrogens is 336 g/mol. The molecule has 4 rings (SSSR count). The summed E-state index contributed by atoms with van der Waals surface area (Å²) < 4.78 is 0. The highest BCUT2D eigenvalue weighted by atomic mass is 16.2. The average Bonchev–Trinajstić information content (AvgIpc) is 2.70. The first-order valence-corrected chi connectivity index (χ1v) is 9.05. The number of carbonyl (C=O) groups is 2. The number of aryl methyl sites for hydroxylation is 1. The Bertz CT molecular complexity index is 996. The van der Waals surface area contributed by atoms with Crippen LogP contribution in [-0.2, 0) is 17.6 Å². The van der Waals surface area contributed by atoms with Crippen LogP contribution >= 0.6 is 0 Å². The molecule has 2 amide bonds. The minimum Gasteiger partial charge on any atom is -0.326 e. The summed E-state index contributed by atoms with van der Waals surface area (Å²) in [5.41, 5.74) is 5.48. The smallest absolute Gasteiger partial charge is 0.255 e. The van der Waals surface area contributed by atoms with Crippen molar-refractivity contribution < 1.29 is 9.59 Å². The van der Waals surface area contributed by atoms with Crippen molar-refractivity contribution in [3.05, 3.63) is 95.1 Å². The van der Waals surface area contributed by atoms with Crippen molar-refractivity contribution in [2.75, 3.05) is 10.6 Å². The minimum atomic E-state index is -0.143. The van der Waals surface area contributed by atoms with Gasteiger partial charge in [0.05, 0.1) is 0 Å². The summed E-state index contributed by atoms with van der Waals surface area (Å²) in [7, 11) is 0. The molecule has 0 spiro atoms. The third kappa shape index (κ3) is 3.90. The molecule has 0 aliphatic carbocycles. The van der Waals surface area contributed by atoms with Crippen LogP contribution in [0.15, 0.2) is 72.8 Å². The first-order valence-electron chi connectivity index (χ1n) is 9.05. The van der Waals surface area contributed by atoms with E-state index in [2.05, 4.69) is 22.8 Å². The molecule has 3 aromatic carbocycles. The molecule has 0 atom stereocenters. The first kappa shape index (κ1) is 17.0. The van der Waals surface area contributed by atoms with Gasteiger partial charge in [0.1, 0.15) is 0 Å². The number of carbonyl (C=O) groups excluding carboxylic acids is 2. The quantitative estimate of drug-likeness (QED) is 0.727. The van der Waals surface area contributed by atoms with Crippen LogP contribution in [0.1, 0.15) is 33.5 Å². The summed E-state index contributed by atoms with van der Waals surface area (Å²) >= 11 is 0. The number of hydrogen-bond acceptors (Lipinski definition) is 2. The summed E-state index contributed by atoms with van der Waals surface area (Å²) in [6.07, 6.45) is 1.87. The molecule has 27 heavy (non-hydrogen) atoms. The summed E-state index contributed by atoms with van der Waals surface area (Å²) in [6, 6.07) is 23.5. The van der Waals surface area contributed by atoms with Gasteiger partial charge in [-0.1, -0.05) is 48.5 Å². The van der Waals surface area contributed by atoms with Crippen molar-refractivity contribution in [1.29, 1.82) is 0 Å². The van der Waals surface area contributed by atoms with Crippen molar-refractivity contribution in [3.63, 3.8) is 0 Å². The molecule has 2 N–H and O–H groups in total. The van der Waals surface area contributed by atoms with Crippen molar-refractivity contribution in [2.45, 2.75) is 19.3 Å². The molecule has 134 valence electrons. The third-order valence-electron chi connectivity index (χ3n) is 4.77. The molecule has 0 fully saturated rings. The molecule has 0 saturated heterocycles. The van der Waals surface area contributed by atoms with Gasteiger partial charge in [-0.2, -0.15) is 0 Å². The Morgan fingerprint density at radius 1 is 0.926 bits per heavy atom. The van der Waals surface area contributed by atoms with Gasteiger partial charge in [-0.3, -0.25) is 9.59 Å². The number of fused-ring (bicyclic) bond motifs is 1. The van der Waals surface area contributed by atoms with E-state index in [-0.39, 0.29) is 11.8 Å². The van der Waals surface area contributed by atoms with E-state index >= 15 is 0 Å². The maximum absolute atomic E-state index is 12.8. The number of anilines is 2. The summed E-state index contributed by atoms with van der Waals surface area (Å²) in [5.74, 6) is -0.121. The molecule has 0 bridgehead atoms. The monoisotopic (exact) mass is 356 g/mol. The minimum absolute atomic E-state index is 0.0227. The van der Waals surface area contributed by atoms with Gasteiger partial charge >= 0.3 is 0 Å². The lowest BCUT2D eigenvalue weighted by Crippen LogP contribution is -2.20. The van der Waals surface area contributed by atoms with E-state index in [1.807, 2.05) is 48.5 Å². The predicted octanol–water partition coefficient (Wildman–Crippen LogP) is 4.41. The van der Waals surface area contributed by atoms with Crippen molar-refractivity contribution >= 4 is 23.2 Å². The molecule has 0 unspecified atom stereocenters. The van der Waals surface area contributed by atoms with Crippen LogP contribution in [0.2, 0.25) is 0 Å². The SMILES string of the molecule is O=C1CCc2cc(C(=O)Nc3ccccc3Cc3ccccc3)ccc2N1. The van der Waals surface area contributed by atoms with Crippen LogP contribution in [0.3, 0.4) is 0 Å². The highest BCUT2D eigenvalue weighted by Crippen LogP contribution is 2.25. The van der Waals surface area contributed by atoms with E-state index in [1.165, 1.54) is 5.56 Å². The van der Waals surface area contributed by atoms with Crippen molar-refractivity contribution in [1.82, 2.24) is 0 Å². The molecule has 1 aliphatic rings. The normalized spacial score (nSPS) is 12.8. The Balaban J connectivity index is 1.54. The summed E-state index contributed by atoms with van der Waals surface area (Å²) in [6.45, 7) is 0. The second-order valence-corrected chi connectivity index (χ2v) is 6.69. The summed E-state index contributed by atoms with van der Waals surface area (Å²) in [5, 5.41) is 5.88. The zero-order chi connectivity index (χ0) is 18.6. The second kappa shape index (κ2) is 7.46. The zero-order valence-electron chi connectivity index (χ0n) is 14.9. The highest BCUT2D eigenvalue weighted by molar-refractivity contribution is 6.05. The molecule has 0 aromatic heterocycles. The highest BCUT2D eigenvalue weighted by Gasteiger charge is 2.17. The Morgan fingerprint density at radius 2 is 1.70 bits per heavy atom. The molecule has 0 saturated carbocycles. The van der Waals surface area contributed by atoms with Crippen LogP contribution < -0.4 is 10.6 Å². The van der Waals surface area contributed by atoms with E-state index < -0.39 is 0 Å². The lowest BCUT2D eigenvalue weighted by Gasteiger charge is -2.17. The Hall–Kier alpha value is -3.40. The molecule has 4 nitrogen and oxygen atoms in total. The van der Waals surface area contributed by atoms with Crippen LogP contribution in [0.5, 0.6) is 0 Å². The van der Waals surface area contributed by atoms with Crippen LogP contribution in [0.25, 0.3) is 0 Å². The van der Waals surface area contributed by atoms with E-state index in [1.54, 1.807) is 12.1 Å². The number of para-hydroxylation sites is 1. The molecule has 1 aliphatic heterocycles. The Morgan fingerprint density at radius 3 is 2.56 bits per heavy atom. The van der Waals surface area contributed by atoms with Gasteiger partial charge in [0.15, 0.2) is 0 Å². The Labute approximate surface area is 158 Å². The van der Waals surface area contributed by atoms with E-state index in [9.17, 15) is 9.59 Å². The van der Waals surface area contributed by atoms with Crippen molar-refractivity contribution in [3.8, 4) is 0 Å². The molecule has 0 radical (unpaired) electrons. The third-order valence-corrected chi connectivity index (χ3v) is 4.77. The van der Waals surface area contributed by atoms with E-state index in [4.69, 9.17) is 0 Å². The first-order chi connectivity index (χ1) is 13.2. The number of rotatable bonds is 4. The number of amides is 2. The number of hydrogen-bond donors (Lipinski definition) is 2. The van der Waals surface area contributed by atoms with Gasteiger partial charge in [0.25, 0.3) is 5.91 Å². The number of benzene rings is 3. The second-order valence-electron chi connectivity index (χ2n) is 6.69. The lowest BCUT2D eigenvalue weighted by molar-refractivity contribution is -0.116. The fraction of sp³-hybridized carbons (Fsp3) is 0.130. The molecular formula is C23H20N2O2. The maximum atomic E-state index is 12.8. The molecule has 4 heteroatoms. The van der Waals surface area contributed by atoms with Crippen LogP contribution in [0.4, 0.5) is 11.4 Å². The lowest BCUT2D eigenvalue weighted by atomic mass is 9.99. The van der Waals surface area contributed by atoms with E-state index in [0.29, 0.717) is 18.4 Å². The largest absolute Gasteiger partial charge is 0.326 e. The van der Waals surface area contributed by atoms with Crippen LogP contribution in [-0.4, -0.2) is 11.8 Å². The maximum Gasteiger partial charge on any atom is 0.255 e. The van der Waals surface area contributed by atoms with Gasteiger partial charge in [-0.15, -0.1) is 0 Å². The fourth-order valence-corrected chi connectivity index (χ4v) is 3.33. The van der Waals surface area contributed by atoms with Gasteiger partial charge in [0.2, 0.25) is 5.91 Å². The van der Waals surface area contributed by atoms with Gasteiger partial charge in [-0.05, 0) is 53.8 Å². The zero-order valence-corrected chi connectivity index (χ0v) is 14.9. The Kier molecular flexibility index (Phi) is 4.71. The number of nitrogens with one attached hydrogen (secondary N) is 2. The molecule has 3 aromatic rings. The average molecular weight is 356 g/mol. The fourth-order valence-electron chi connectivity index (χ4n) is 3.33. The van der Waals surface area contributed by atoms with Gasteiger partial charge < -0.3 is 10.6 Å². The van der Waals surface area contributed by atoms with Crippen LogP contribution in [0, 0.1) is 0 Å². The van der Waals surface area contributed by atoms with E-state index in [0.717, 1.165) is 28.9 Å². The van der Waals surface area contributed by atoms with Gasteiger partial charge in [-0.25, -0.2) is 0 Å². The van der Waals surface area contributed by atoms with Crippen molar-refractivity contribution in [2.24, 2.45) is 0 Å². The predicted molar refractivity (Wildman–Crippen MR) is 107 cm³/mol. The molecule has 1 heterocycles. The topological polar surface area (TPSA) is 58.2 Å².